The van der Waals surface area contributed by atoms with Crippen molar-refractivity contribution >= 4 is 11.9 Å². The molecule has 0 spiro atoms. The second kappa shape index (κ2) is 6.94. The van der Waals surface area contributed by atoms with Gasteiger partial charge in [-0.15, -0.1) is 0 Å². The summed E-state index contributed by atoms with van der Waals surface area (Å²) in [5, 5.41) is 0. The largest absolute Gasteiger partial charge is 0.433 e. The van der Waals surface area contributed by atoms with Crippen LogP contribution in [0.2, 0.25) is 0 Å². The summed E-state index contributed by atoms with van der Waals surface area (Å²) in [5.74, 6) is 0.248. The van der Waals surface area contributed by atoms with Crippen molar-refractivity contribution in [2.45, 2.75) is 38.3 Å². The molecule has 0 aliphatic carbocycles. The van der Waals surface area contributed by atoms with Gasteiger partial charge in [0.2, 0.25) is 11.9 Å². The van der Waals surface area contributed by atoms with Crippen LogP contribution in [-0.2, 0) is 11.0 Å². The number of hydrogen-bond donors (Lipinski definition) is 0. The molecule has 132 valence electrons. The molecule has 2 saturated heterocycles. The first-order valence-corrected chi connectivity index (χ1v) is 8.39. The topological polar surface area (TPSA) is 49.3 Å². The van der Waals surface area contributed by atoms with Crippen LogP contribution in [-0.4, -0.2) is 47.0 Å². The molecule has 3 rings (SSSR count). The molecule has 0 radical (unpaired) electrons. The fraction of sp³-hybridized carbons (Fsp3) is 0.688. The molecule has 2 aliphatic heterocycles. The predicted octanol–water partition coefficient (Wildman–Crippen LogP) is 2.72. The average Bonchev–Trinajstić information content (AvgIpc) is 2.61. The summed E-state index contributed by atoms with van der Waals surface area (Å²) in [6.07, 6.45) is 1.22. The number of carbonyl (C=O) groups excluding carboxylic acids is 1. The minimum atomic E-state index is -4.47. The highest BCUT2D eigenvalue weighted by atomic mass is 19.4. The molecule has 0 atom stereocenters. The molecule has 0 bridgehead atoms. The van der Waals surface area contributed by atoms with Crippen LogP contribution in [0.5, 0.6) is 0 Å². The van der Waals surface area contributed by atoms with Crippen molar-refractivity contribution < 1.29 is 18.0 Å². The molecule has 2 fully saturated rings. The van der Waals surface area contributed by atoms with Crippen molar-refractivity contribution in [2.75, 3.05) is 31.1 Å². The van der Waals surface area contributed by atoms with E-state index in [4.69, 9.17) is 0 Å². The van der Waals surface area contributed by atoms with E-state index in [1.165, 1.54) is 6.42 Å². The number of amides is 1. The Labute approximate surface area is 138 Å². The number of alkyl halides is 3. The standard InChI is InChI=1S/C16H21F3N4O/c17-16(18,19)13-4-7-20-15(21-13)23-10-5-12(6-11-23)14(24)22-8-2-1-3-9-22/h4,7,12H,1-3,5-6,8-11H2. The molecule has 8 heteroatoms. The molecular weight excluding hydrogens is 321 g/mol. The Balaban J connectivity index is 1.60. The lowest BCUT2D eigenvalue weighted by Gasteiger charge is -2.35. The van der Waals surface area contributed by atoms with Gasteiger partial charge in [-0.1, -0.05) is 0 Å². The van der Waals surface area contributed by atoms with Crippen molar-refractivity contribution in [3.8, 4) is 0 Å². The Morgan fingerprint density at radius 3 is 2.38 bits per heavy atom. The maximum absolute atomic E-state index is 12.7. The molecular formula is C16H21F3N4O. The van der Waals surface area contributed by atoms with Gasteiger partial charge >= 0.3 is 6.18 Å². The number of carbonyl (C=O) groups is 1. The van der Waals surface area contributed by atoms with Crippen molar-refractivity contribution in [3.05, 3.63) is 18.0 Å². The van der Waals surface area contributed by atoms with E-state index >= 15 is 0 Å². The van der Waals surface area contributed by atoms with Gasteiger partial charge in [0.05, 0.1) is 0 Å². The van der Waals surface area contributed by atoms with Gasteiger partial charge in [-0.2, -0.15) is 13.2 Å². The number of hydrogen-bond acceptors (Lipinski definition) is 4. The van der Waals surface area contributed by atoms with Gasteiger partial charge in [0.15, 0.2) is 0 Å². The normalized spacial score (nSPS) is 20.3. The quantitative estimate of drug-likeness (QED) is 0.829. The minimum absolute atomic E-state index is 0.0369. The average molecular weight is 342 g/mol. The first-order chi connectivity index (χ1) is 11.4. The highest BCUT2D eigenvalue weighted by Crippen LogP contribution is 2.29. The van der Waals surface area contributed by atoms with Gasteiger partial charge < -0.3 is 9.80 Å². The van der Waals surface area contributed by atoms with Gasteiger partial charge in [-0.25, -0.2) is 9.97 Å². The number of aromatic nitrogens is 2. The Morgan fingerprint density at radius 2 is 1.75 bits per heavy atom. The third-order valence-electron chi connectivity index (χ3n) is 4.73. The predicted molar refractivity (Wildman–Crippen MR) is 82.4 cm³/mol. The van der Waals surface area contributed by atoms with E-state index in [1.54, 1.807) is 4.90 Å². The zero-order chi connectivity index (χ0) is 17.2. The third-order valence-corrected chi connectivity index (χ3v) is 4.73. The third kappa shape index (κ3) is 3.79. The zero-order valence-electron chi connectivity index (χ0n) is 13.4. The van der Waals surface area contributed by atoms with Gasteiger partial charge in [-0.05, 0) is 38.2 Å². The molecule has 1 aromatic rings. The van der Waals surface area contributed by atoms with Gasteiger partial charge in [-0.3, -0.25) is 4.79 Å². The van der Waals surface area contributed by atoms with E-state index in [0.29, 0.717) is 25.9 Å². The van der Waals surface area contributed by atoms with Crippen LogP contribution in [0.4, 0.5) is 19.1 Å². The lowest BCUT2D eigenvalue weighted by Crippen LogP contribution is -2.44. The summed E-state index contributed by atoms with van der Waals surface area (Å²) >= 11 is 0. The first-order valence-electron chi connectivity index (χ1n) is 8.39. The Morgan fingerprint density at radius 1 is 1.08 bits per heavy atom. The lowest BCUT2D eigenvalue weighted by molar-refractivity contribution is -0.141. The summed E-state index contributed by atoms with van der Waals surface area (Å²) < 4.78 is 38.2. The highest BCUT2D eigenvalue weighted by Gasteiger charge is 2.34. The van der Waals surface area contributed by atoms with E-state index in [9.17, 15) is 18.0 Å². The second-order valence-electron chi connectivity index (χ2n) is 6.39. The Kier molecular flexibility index (Phi) is 4.91. The summed E-state index contributed by atoms with van der Waals surface area (Å²) in [7, 11) is 0. The van der Waals surface area contributed by atoms with Crippen LogP contribution in [0.25, 0.3) is 0 Å². The molecule has 2 aliphatic rings. The molecule has 1 amide bonds. The summed E-state index contributed by atoms with van der Waals surface area (Å²) in [6.45, 7) is 2.67. The molecule has 5 nitrogen and oxygen atoms in total. The van der Waals surface area contributed by atoms with Crippen molar-refractivity contribution in [1.82, 2.24) is 14.9 Å². The molecule has 0 saturated carbocycles. The van der Waals surface area contributed by atoms with Crippen LogP contribution in [0.3, 0.4) is 0 Å². The number of nitrogens with zero attached hydrogens (tertiary/aromatic N) is 4. The molecule has 24 heavy (non-hydrogen) atoms. The Bertz CT molecular complexity index is 579. The van der Waals surface area contributed by atoms with Crippen LogP contribution < -0.4 is 4.90 Å². The first kappa shape index (κ1) is 17.0. The minimum Gasteiger partial charge on any atom is -0.342 e. The van der Waals surface area contributed by atoms with Gasteiger partial charge in [0.1, 0.15) is 5.69 Å². The molecule has 1 aromatic heterocycles. The maximum atomic E-state index is 12.7. The van der Waals surface area contributed by atoms with E-state index < -0.39 is 11.9 Å². The second-order valence-corrected chi connectivity index (χ2v) is 6.39. The summed E-state index contributed by atoms with van der Waals surface area (Å²) in [5.41, 5.74) is -0.931. The highest BCUT2D eigenvalue weighted by molar-refractivity contribution is 5.79. The molecule has 0 N–H and O–H groups in total. The smallest absolute Gasteiger partial charge is 0.342 e. The number of anilines is 1. The lowest BCUT2D eigenvalue weighted by atomic mass is 9.94. The van der Waals surface area contributed by atoms with Crippen LogP contribution in [0.1, 0.15) is 37.8 Å². The van der Waals surface area contributed by atoms with E-state index in [1.807, 2.05) is 4.90 Å². The van der Waals surface area contributed by atoms with Crippen molar-refractivity contribution in [2.24, 2.45) is 5.92 Å². The molecule has 0 aromatic carbocycles. The maximum Gasteiger partial charge on any atom is 0.433 e. The Hall–Kier alpha value is -1.86. The van der Waals surface area contributed by atoms with Crippen LogP contribution in [0, 0.1) is 5.92 Å². The SMILES string of the molecule is O=C(C1CCN(c2nccc(C(F)(F)F)n2)CC1)N1CCCCC1. The molecule has 3 heterocycles. The number of rotatable bonds is 2. The monoisotopic (exact) mass is 342 g/mol. The summed E-state index contributed by atoms with van der Waals surface area (Å²) in [6, 6.07) is 0.871. The van der Waals surface area contributed by atoms with Crippen LogP contribution in [0.15, 0.2) is 12.3 Å². The fourth-order valence-corrected chi connectivity index (χ4v) is 3.36. The fourth-order valence-electron chi connectivity index (χ4n) is 3.36. The van der Waals surface area contributed by atoms with E-state index in [2.05, 4.69) is 9.97 Å². The summed E-state index contributed by atoms with van der Waals surface area (Å²) in [4.78, 5) is 23.8. The zero-order valence-corrected chi connectivity index (χ0v) is 13.4. The van der Waals surface area contributed by atoms with Gasteiger partial charge in [0.25, 0.3) is 0 Å². The van der Waals surface area contributed by atoms with Crippen LogP contribution >= 0.6 is 0 Å². The molecule has 0 unspecified atom stereocenters. The van der Waals surface area contributed by atoms with E-state index in [-0.39, 0.29) is 17.8 Å². The number of likely N-dealkylation sites (tertiary alicyclic amines) is 1. The number of piperidine rings is 2. The van der Waals surface area contributed by atoms with Crippen molar-refractivity contribution in [1.29, 1.82) is 0 Å². The van der Waals surface area contributed by atoms with E-state index in [0.717, 1.165) is 38.2 Å². The number of halogens is 3. The van der Waals surface area contributed by atoms with Crippen molar-refractivity contribution in [3.63, 3.8) is 0 Å². The van der Waals surface area contributed by atoms with Gasteiger partial charge in [0, 0.05) is 38.3 Å².